The van der Waals surface area contributed by atoms with E-state index in [0.29, 0.717) is 6.42 Å². The van der Waals surface area contributed by atoms with E-state index >= 15 is 0 Å². The topological polar surface area (TPSA) is 95.9 Å². The van der Waals surface area contributed by atoms with E-state index in [9.17, 15) is 19.8 Å². The van der Waals surface area contributed by atoms with Gasteiger partial charge in [0.15, 0.2) is 0 Å². The Hall–Kier alpha value is -1.44. The first-order valence-corrected chi connectivity index (χ1v) is 13.8. The van der Waals surface area contributed by atoms with Gasteiger partial charge in [0.25, 0.3) is 0 Å². The molecule has 0 aromatic heterocycles. The molecule has 0 saturated heterocycles. The molecule has 0 aliphatic carbocycles. The van der Waals surface area contributed by atoms with Crippen LogP contribution in [-0.2, 0) is 19.1 Å². The van der Waals surface area contributed by atoms with Gasteiger partial charge in [-0.15, -0.1) is 0 Å². The number of quaternary nitrogens is 1. The number of ether oxygens (including phenoxy) is 2. The smallest absolute Gasteiger partial charge is 0.305 e. The molecule has 0 amide bonds. The number of hydrogen-bond acceptors (Lipinski definition) is 6. The Balaban J connectivity index is 3.57. The normalized spacial score (nSPS) is 13.7. The molecule has 0 aromatic rings. The first-order chi connectivity index (χ1) is 16.7. The molecule has 0 fully saturated rings. The van der Waals surface area contributed by atoms with Crippen LogP contribution in [0.25, 0.3) is 0 Å². The Morgan fingerprint density at radius 2 is 1.40 bits per heavy atom. The number of carboxylic acids is 1. The van der Waals surface area contributed by atoms with E-state index in [4.69, 9.17) is 9.47 Å². The zero-order valence-electron chi connectivity index (χ0n) is 23.0. The minimum absolute atomic E-state index is 0.00239. The molecule has 0 rings (SSSR count). The second kappa shape index (κ2) is 21.8. The van der Waals surface area contributed by atoms with Crippen LogP contribution in [0.3, 0.4) is 0 Å². The summed E-state index contributed by atoms with van der Waals surface area (Å²) in [5.74, 6) is -1.42. The van der Waals surface area contributed by atoms with E-state index in [1.54, 1.807) is 21.1 Å². The third-order valence-corrected chi connectivity index (χ3v) is 6.13. The van der Waals surface area contributed by atoms with Crippen LogP contribution in [-0.4, -0.2) is 74.6 Å². The maximum absolute atomic E-state index is 11.8. The minimum Gasteiger partial charge on any atom is -0.544 e. The lowest BCUT2D eigenvalue weighted by atomic mass is 10.1. The number of carboxylic acid groups (broad SMARTS) is 1. The van der Waals surface area contributed by atoms with Gasteiger partial charge in [-0.05, 0) is 32.1 Å². The van der Waals surface area contributed by atoms with Crippen molar-refractivity contribution in [3.63, 3.8) is 0 Å². The highest BCUT2D eigenvalue weighted by molar-refractivity contribution is 5.69. The lowest BCUT2D eigenvalue weighted by Crippen LogP contribution is -2.55. The van der Waals surface area contributed by atoms with Crippen LogP contribution in [0, 0.1) is 0 Å². The maximum Gasteiger partial charge on any atom is 0.305 e. The minimum atomic E-state index is -1.12. The number of nitrogens with zero attached hydrogens (tertiary/aromatic N) is 1. The van der Waals surface area contributed by atoms with Crippen molar-refractivity contribution >= 4 is 11.9 Å². The van der Waals surface area contributed by atoms with Crippen molar-refractivity contribution in [2.24, 2.45) is 0 Å². The number of hydrogen-bond donors (Lipinski definition) is 1. The van der Waals surface area contributed by atoms with Gasteiger partial charge in [0.1, 0.15) is 18.8 Å². The molecular formula is C28H53NO6. The summed E-state index contributed by atoms with van der Waals surface area (Å²) < 4.78 is 10.7. The molecule has 7 nitrogen and oxygen atoms in total. The highest BCUT2D eigenvalue weighted by Crippen LogP contribution is 2.11. The molecule has 0 aromatic carbocycles. The van der Waals surface area contributed by atoms with Crippen molar-refractivity contribution in [3.8, 4) is 0 Å². The molecule has 0 aliphatic rings. The van der Waals surface area contributed by atoms with E-state index in [1.807, 2.05) is 0 Å². The van der Waals surface area contributed by atoms with E-state index in [1.165, 1.54) is 57.8 Å². The van der Waals surface area contributed by atoms with Crippen LogP contribution in [0.2, 0.25) is 0 Å². The number of allylic oxidation sites excluding steroid dienone is 2. The van der Waals surface area contributed by atoms with Crippen molar-refractivity contribution in [2.45, 2.75) is 115 Å². The fourth-order valence-corrected chi connectivity index (χ4v) is 3.89. The summed E-state index contributed by atoms with van der Waals surface area (Å²) in [5, 5.41) is 21.1. The average Bonchev–Trinajstić information content (AvgIpc) is 2.79. The average molecular weight is 500 g/mol. The van der Waals surface area contributed by atoms with Crippen molar-refractivity contribution in [1.29, 1.82) is 0 Å². The van der Waals surface area contributed by atoms with Crippen LogP contribution in [0.1, 0.15) is 103 Å². The molecule has 35 heavy (non-hydrogen) atoms. The second-order valence-electron chi connectivity index (χ2n) is 10.5. The van der Waals surface area contributed by atoms with Crippen LogP contribution in [0.5, 0.6) is 0 Å². The molecule has 0 heterocycles. The number of aliphatic carboxylic acids is 1. The van der Waals surface area contributed by atoms with Gasteiger partial charge in [-0.25, -0.2) is 0 Å². The van der Waals surface area contributed by atoms with Gasteiger partial charge in [0.05, 0.1) is 40.3 Å². The number of unbranched alkanes of at least 4 members (excludes halogenated alkanes) is 11. The van der Waals surface area contributed by atoms with E-state index in [0.717, 1.165) is 25.7 Å². The maximum atomic E-state index is 11.8. The Morgan fingerprint density at radius 1 is 0.857 bits per heavy atom. The Labute approximate surface area is 214 Å². The first-order valence-electron chi connectivity index (χ1n) is 13.8. The van der Waals surface area contributed by atoms with E-state index in [-0.39, 0.29) is 36.7 Å². The van der Waals surface area contributed by atoms with Gasteiger partial charge in [-0.1, -0.05) is 70.4 Å². The summed E-state index contributed by atoms with van der Waals surface area (Å²) in [6, 6.07) is -0.684. The quantitative estimate of drug-likeness (QED) is 0.0927. The monoisotopic (exact) mass is 499 g/mol. The van der Waals surface area contributed by atoms with Crippen LogP contribution in [0.4, 0.5) is 0 Å². The molecule has 2 atom stereocenters. The zero-order valence-corrected chi connectivity index (χ0v) is 23.0. The van der Waals surface area contributed by atoms with Gasteiger partial charge < -0.3 is 29.0 Å². The molecule has 0 saturated carbocycles. The van der Waals surface area contributed by atoms with Crippen molar-refractivity contribution in [3.05, 3.63) is 12.2 Å². The van der Waals surface area contributed by atoms with Crippen molar-refractivity contribution in [1.82, 2.24) is 0 Å². The second-order valence-corrected chi connectivity index (χ2v) is 10.5. The van der Waals surface area contributed by atoms with Gasteiger partial charge >= 0.3 is 5.97 Å². The Bertz CT molecular complexity index is 558. The van der Waals surface area contributed by atoms with Crippen molar-refractivity contribution < 1.29 is 33.8 Å². The van der Waals surface area contributed by atoms with Crippen molar-refractivity contribution in [2.75, 3.05) is 41.0 Å². The van der Waals surface area contributed by atoms with Gasteiger partial charge in [0.2, 0.25) is 0 Å². The van der Waals surface area contributed by atoms with Crippen LogP contribution < -0.4 is 5.11 Å². The van der Waals surface area contributed by atoms with Gasteiger partial charge in [0, 0.05) is 12.8 Å². The van der Waals surface area contributed by atoms with Gasteiger partial charge in [-0.2, -0.15) is 0 Å². The highest BCUT2D eigenvalue weighted by Gasteiger charge is 2.24. The number of aliphatic hydroxyl groups excluding tert-OH is 1. The highest BCUT2D eigenvalue weighted by atomic mass is 16.5. The van der Waals surface area contributed by atoms with Crippen LogP contribution in [0.15, 0.2) is 12.2 Å². The lowest BCUT2D eigenvalue weighted by Gasteiger charge is -2.34. The zero-order chi connectivity index (χ0) is 26.4. The summed E-state index contributed by atoms with van der Waals surface area (Å²) in [5.41, 5.74) is 0. The van der Waals surface area contributed by atoms with Gasteiger partial charge in [-0.3, -0.25) is 4.79 Å². The van der Waals surface area contributed by atoms with E-state index < -0.39 is 18.1 Å². The number of likely N-dealkylation sites (N-methyl/N-ethyl adjacent to an activating group) is 1. The first kappa shape index (κ1) is 33.6. The third kappa shape index (κ3) is 21.6. The molecule has 0 spiro atoms. The Kier molecular flexibility index (Phi) is 20.9. The summed E-state index contributed by atoms with van der Waals surface area (Å²) in [6.07, 6.45) is 20.1. The third-order valence-electron chi connectivity index (χ3n) is 6.13. The lowest BCUT2D eigenvalue weighted by molar-refractivity contribution is -0.889. The summed E-state index contributed by atoms with van der Waals surface area (Å²) in [4.78, 5) is 23.0. The van der Waals surface area contributed by atoms with Crippen LogP contribution >= 0.6 is 0 Å². The summed E-state index contributed by atoms with van der Waals surface area (Å²) in [6.45, 7) is 2.33. The molecule has 1 N–H and O–H groups in total. The molecule has 2 unspecified atom stereocenters. The number of carbonyl (C=O) groups excluding carboxylic acids is 2. The standard InChI is InChI=1S/C28H53NO6/c1-5-6-7-8-9-10-11-12-13-14-15-16-17-18-19-20-27(31)35-24-25(30)23-34-22-21-26(28(32)33)29(2,3)4/h12-13,25-26,30H,5-11,14-24H2,1-4H3/b13-12-. The summed E-state index contributed by atoms with van der Waals surface area (Å²) >= 11 is 0. The SMILES string of the molecule is CCCCCCCC/C=C\CCCCCCCC(=O)OCC(O)COCCC(C(=O)[O-])[N+](C)(C)C. The largest absolute Gasteiger partial charge is 0.544 e. The number of rotatable bonds is 24. The Morgan fingerprint density at radius 3 is 1.94 bits per heavy atom. The molecule has 206 valence electrons. The molecule has 7 heteroatoms. The number of aliphatic hydroxyl groups is 1. The van der Waals surface area contributed by atoms with E-state index in [2.05, 4.69) is 19.1 Å². The molecule has 0 bridgehead atoms. The molecule has 0 radical (unpaired) electrons. The fraction of sp³-hybridized carbons (Fsp3) is 0.857. The summed E-state index contributed by atoms with van der Waals surface area (Å²) in [7, 11) is 5.35. The molecular weight excluding hydrogens is 446 g/mol. The fourth-order valence-electron chi connectivity index (χ4n) is 3.89. The predicted molar refractivity (Wildman–Crippen MR) is 139 cm³/mol. The number of esters is 1. The predicted octanol–water partition coefficient (Wildman–Crippen LogP) is 4.16. The number of carbonyl (C=O) groups is 2. The molecule has 0 aliphatic heterocycles.